The summed E-state index contributed by atoms with van der Waals surface area (Å²) in [6, 6.07) is 12.5. The summed E-state index contributed by atoms with van der Waals surface area (Å²) in [7, 11) is 1.62. The first-order valence-electron chi connectivity index (χ1n) is 6.61. The van der Waals surface area contributed by atoms with Crippen LogP contribution in [0.25, 0.3) is 16.7 Å². The molecule has 0 unspecified atom stereocenters. The number of benzene rings is 2. The Bertz CT molecular complexity index is 768. The van der Waals surface area contributed by atoms with E-state index in [1.165, 1.54) is 6.07 Å². The Kier molecular flexibility index (Phi) is 3.80. The van der Waals surface area contributed by atoms with Crippen LogP contribution in [0.3, 0.4) is 0 Å². The molecule has 0 N–H and O–H groups in total. The smallest absolute Gasteiger partial charge is 0.151 e. The Morgan fingerprint density at radius 1 is 1.19 bits per heavy atom. The van der Waals surface area contributed by atoms with Crippen LogP contribution < -0.4 is 4.74 Å². The Labute approximate surface area is 126 Å². The minimum atomic E-state index is -0.324. The summed E-state index contributed by atoms with van der Waals surface area (Å²) >= 11 is 5.84. The minimum absolute atomic E-state index is 0.324. The highest BCUT2D eigenvalue weighted by molar-refractivity contribution is 6.17. The average Bonchev–Trinajstić information content (AvgIpc) is 2.87. The molecule has 21 heavy (non-hydrogen) atoms. The van der Waals surface area contributed by atoms with Crippen LogP contribution in [0.15, 0.2) is 42.5 Å². The molecule has 3 nitrogen and oxygen atoms in total. The van der Waals surface area contributed by atoms with Gasteiger partial charge >= 0.3 is 0 Å². The van der Waals surface area contributed by atoms with Gasteiger partial charge in [0.2, 0.25) is 0 Å². The summed E-state index contributed by atoms with van der Waals surface area (Å²) in [5.74, 6) is 1.63. The molecular weight excluding hydrogens is 291 g/mol. The van der Waals surface area contributed by atoms with Crippen LogP contribution >= 0.6 is 11.6 Å². The molecule has 1 heterocycles. The molecule has 3 rings (SSSR count). The van der Waals surface area contributed by atoms with Crippen LogP contribution in [-0.4, -0.2) is 22.5 Å². The van der Waals surface area contributed by atoms with Crippen molar-refractivity contribution >= 4 is 22.6 Å². The first kappa shape index (κ1) is 13.9. The molecule has 3 aromatic rings. The predicted molar refractivity (Wildman–Crippen MR) is 82.0 cm³/mol. The summed E-state index contributed by atoms with van der Waals surface area (Å²) in [5.41, 5.74) is 2.01. The molecule has 0 aliphatic rings. The van der Waals surface area contributed by atoms with Crippen LogP contribution in [0.5, 0.6) is 5.75 Å². The largest absolute Gasteiger partial charge is 0.497 e. The second kappa shape index (κ2) is 5.74. The van der Waals surface area contributed by atoms with Crippen molar-refractivity contribution in [2.75, 3.05) is 13.0 Å². The number of ether oxygens (including phenoxy) is 1. The monoisotopic (exact) mass is 304 g/mol. The molecule has 0 saturated heterocycles. The van der Waals surface area contributed by atoms with Gasteiger partial charge in [0.05, 0.1) is 12.6 Å². The fourth-order valence-corrected chi connectivity index (χ4v) is 2.55. The molecule has 0 atom stereocenters. The van der Waals surface area contributed by atoms with Gasteiger partial charge in [-0.15, -0.1) is 11.6 Å². The molecule has 0 saturated carbocycles. The van der Waals surface area contributed by atoms with Crippen molar-refractivity contribution < 1.29 is 9.13 Å². The first-order chi connectivity index (χ1) is 10.2. The highest BCUT2D eigenvalue weighted by atomic mass is 35.5. The van der Waals surface area contributed by atoms with E-state index in [0.29, 0.717) is 17.8 Å². The lowest BCUT2D eigenvalue weighted by Crippen LogP contribution is -2.02. The van der Waals surface area contributed by atoms with Crippen molar-refractivity contribution in [1.82, 2.24) is 9.55 Å². The summed E-state index contributed by atoms with van der Waals surface area (Å²) in [5, 5.41) is 0. The maximum absolute atomic E-state index is 13.9. The number of para-hydroxylation sites is 1. The second-order valence-electron chi connectivity index (χ2n) is 4.61. The number of nitrogens with zero attached hydrogens (tertiary/aromatic N) is 2. The van der Waals surface area contributed by atoms with Crippen LogP contribution in [0, 0.1) is 5.82 Å². The Hall–Kier alpha value is -2.07. The maximum atomic E-state index is 13.9. The van der Waals surface area contributed by atoms with E-state index in [0.717, 1.165) is 22.8 Å². The van der Waals surface area contributed by atoms with Gasteiger partial charge in [0.1, 0.15) is 17.1 Å². The van der Waals surface area contributed by atoms with E-state index in [4.69, 9.17) is 16.3 Å². The van der Waals surface area contributed by atoms with Gasteiger partial charge in [0.15, 0.2) is 5.82 Å². The number of fused-ring (bicyclic) bond motifs is 1. The van der Waals surface area contributed by atoms with Gasteiger partial charge < -0.3 is 4.74 Å². The van der Waals surface area contributed by atoms with E-state index in [-0.39, 0.29) is 5.82 Å². The molecule has 0 aliphatic carbocycles. The third-order valence-corrected chi connectivity index (χ3v) is 3.54. The van der Waals surface area contributed by atoms with E-state index in [1.54, 1.807) is 13.2 Å². The molecule has 5 heteroatoms. The molecule has 0 aliphatic heterocycles. The van der Waals surface area contributed by atoms with E-state index < -0.39 is 0 Å². The lowest BCUT2D eigenvalue weighted by molar-refractivity contribution is 0.414. The highest BCUT2D eigenvalue weighted by Gasteiger charge is 2.14. The summed E-state index contributed by atoms with van der Waals surface area (Å²) in [4.78, 5) is 4.39. The van der Waals surface area contributed by atoms with Gasteiger partial charge in [-0.3, -0.25) is 4.57 Å². The quantitative estimate of drug-likeness (QED) is 0.682. The second-order valence-corrected chi connectivity index (χ2v) is 4.99. The van der Waals surface area contributed by atoms with Gasteiger partial charge in [-0.1, -0.05) is 6.07 Å². The van der Waals surface area contributed by atoms with Crippen molar-refractivity contribution in [2.24, 2.45) is 0 Å². The zero-order valence-corrected chi connectivity index (χ0v) is 12.3. The molecular formula is C16H14ClFN2O. The number of aryl methyl sites for hydroxylation is 1. The average molecular weight is 305 g/mol. The Morgan fingerprint density at radius 3 is 2.62 bits per heavy atom. The lowest BCUT2D eigenvalue weighted by atomic mass is 10.2. The van der Waals surface area contributed by atoms with Crippen molar-refractivity contribution in [1.29, 1.82) is 0 Å². The third kappa shape index (κ3) is 2.47. The highest BCUT2D eigenvalue weighted by Crippen LogP contribution is 2.25. The predicted octanol–water partition coefficient (Wildman–Crippen LogP) is 3.95. The number of imidazole rings is 1. The summed E-state index contributed by atoms with van der Waals surface area (Å²) in [6.45, 7) is 0. The number of methoxy groups -OCH3 is 1. The van der Waals surface area contributed by atoms with Crippen LogP contribution in [0.2, 0.25) is 0 Å². The molecule has 1 aromatic heterocycles. The third-order valence-electron chi connectivity index (χ3n) is 3.35. The fourth-order valence-electron chi connectivity index (χ4n) is 2.38. The first-order valence-corrected chi connectivity index (χ1v) is 7.14. The zero-order valence-electron chi connectivity index (χ0n) is 11.5. The molecule has 0 bridgehead atoms. The number of halogens is 2. The normalized spacial score (nSPS) is 11.0. The number of hydrogen-bond acceptors (Lipinski definition) is 2. The minimum Gasteiger partial charge on any atom is -0.497 e. The van der Waals surface area contributed by atoms with Gasteiger partial charge in [-0.2, -0.15) is 0 Å². The van der Waals surface area contributed by atoms with Gasteiger partial charge in [-0.25, -0.2) is 9.37 Å². The van der Waals surface area contributed by atoms with Crippen LogP contribution in [-0.2, 0) is 6.42 Å². The summed E-state index contributed by atoms with van der Waals surface area (Å²) in [6.07, 6.45) is 0.571. The topological polar surface area (TPSA) is 27.1 Å². The molecule has 2 aromatic carbocycles. The van der Waals surface area contributed by atoms with Gasteiger partial charge in [-0.05, 0) is 36.4 Å². The van der Waals surface area contributed by atoms with Gasteiger partial charge in [0, 0.05) is 18.0 Å². The number of rotatable bonds is 4. The standard InChI is InChI=1S/C16H14ClFN2O/c1-21-12-7-5-11(6-8-12)20-14-4-2-3-13(18)16(14)19-15(20)9-10-17/h2-8H,9-10H2,1H3. The SMILES string of the molecule is COc1ccc(-n2c(CCCl)nc3c(F)cccc32)cc1. The Balaban J connectivity index is 2.22. The number of alkyl halides is 1. The number of hydrogen-bond donors (Lipinski definition) is 0. The van der Waals surface area contributed by atoms with E-state index in [1.807, 2.05) is 34.9 Å². The molecule has 0 fully saturated rings. The van der Waals surface area contributed by atoms with Crippen molar-refractivity contribution in [3.05, 3.63) is 54.1 Å². The molecule has 108 valence electrons. The van der Waals surface area contributed by atoms with E-state index in [9.17, 15) is 4.39 Å². The zero-order chi connectivity index (χ0) is 14.8. The summed E-state index contributed by atoms with van der Waals surface area (Å²) < 4.78 is 21.0. The van der Waals surface area contributed by atoms with E-state index in [2.05, 4.69) is 4.98 Å². The molecule has 0 spiro atoms. The molecule has 0 radical (unpaired) electrons. The van der Waals surface area contributed by atoms with E-state index >= 15 is 0 Å². The number of aromatic nitrogens is 2. The van der Waals surface area contributed by atoms with Crippen molar-refractivity contribution in [3.63, 3.8) is 0 Å². The van der Waals surface area contributed by atoms with Crippen molar-refractivity contribution in [2.45, 2.75) is 6.42 Å². The van der Waals surface area contributed by atoms with Crippen molar-refractivity contribution in [3.8, 4) is 11.4 Å². The lowest BCUT2D eigenvalue weighted by Gasteiger charge is -2.09. The molecule has 0 amide bonds. The maximum Gasteiger partial charge on any atom is 0.151 e. The Morgan fingerprint density at radius 2 is 1.95 bits per heavy atom. The fraction of sp³-hybridized carbons (Fsp3) is 0.188. The van der Waals surface area contributed by atoms with Crippen LogP contribution in [0.1, 0.15) is 5.82 Å². The van der Waals surface area contributed by atoms with Gasteiger partial charge in [0.25, 0.3) is 0 Å². The van der Waals surface area contributed by atoms with Crippen LogP contribution in [0.4, 0.5) is 4.39 Å².